The molecule has 1 atom stereocenters. The number of alkyl halides is 3. The first kappa shape index (κ1) is 38.4. The van der Waals surface area contributed by atoms with Crippen LogP contribution in [0.4, 0.5) is 19.1 Å². The van der Waals surface area contributed by atoms with Gasteiger partial charge in [-0.25, -0.2) is 4.98 Å². The number of aromatic amines is 1. The largest absolute Gasteiger partial charge is 0.496 e. The lowest BCUT2D eigenvalue weighted by Gasteiger charge is -2.34. The van der Waals surface area contributed by atoms with Crippen molar-refractivity contribution in [2.45, 2.75) is 43.9 Å². The Morgan fingerprint density at radius 2 is 1.87 bits per heavy atom. The molecule has 0 radical (unpaired) electrons. The summed E-state index contributed by atoms with van der Waals surface area (Å²) in [4.78, 5) is 22.8. The third-order valence-electron chi connectivity index (χ3n) is 9.49. The number of anilines is 1. The monoisotopic (exact) mass is 772 g/mol. The molecule has 0 saturated carbocycles. The molecule has 3 aromatic carbocycles. The molecule has 6 rings (SSSR count). The zero-order valence-electron chi connectivity index (χ0n) is 29.4. The van der Waals surface area contributed by atoms with E-state index in [1.807, 2.05) is 47.0 Å². The lowest BCUT2D eigenvalue weighted by atomic mass is 9.93. The quantitative estimate of drug-likeness (QED) is 0.105. The summed E-state index contributed by atoms with van der Waals surface area (Å²) in [6, 6.07) is 18.7. The van der Waals surface area contributed by atoms with Gasteiger partial charge in [-0.15, -0.1) is 0 Å². The van der Waals surface area contributed by atoms with Crippen molar-refractivity contribution in [2.75, 3.05) is 58.9 Å². The number of likely N-dealkylation sites (tertiary alicyclic amines) is 1. The van der Waals surface area contributed by atoms with E-state index in [0.717, 1.165) is 61.1 Å². The molecule has 0 bridgehead atoms. The summed E-state index contributed by atoms with van der Waals surface area (Å²) in [5.74, 6) is 0.846. The number of halogens is 5. The number of carbonyl (C=O) groups excluding carboxylic acids is 1. The molecular weight excluding hydrogens is 732 g/mol. The van der Waals surface area contributed by atoms with E-state index in [2.05, 4.69) is 25.6 Å². The molecule has 11 nitrogen and oxygen atoms in total. The van der Waals surface area contributed by atoms with Gasteiger partial charge in [-0.3, -0.25) is 4.79 Å². The number of benzene rings is 3. The number of nitrogens with one attached hydrogen (secondary N) is 2. The third kappa shape index (κ3) is 9.79. The van der Waals surface area contributed by atoms with E-state index in [1.165, 1.54) is 7.11 Å². The summed E-state index contributed by atoms with van der Waals surface area (Å²) in [5, 5.41) is 15.1. The lowest BCUT2D eigenvalue weighted by molar-refractivity contribution is -0.174. The molecular formula is C37H41Cl2F3N8O3. The van der Waals surface area contributed by atoms with Crippen LogP contribution < -0.4 is 10.1 Å². The van der Waals surface area contributed by atoms with E-state index >= 15 is 0 Å². The Morgan fingerprint density at radius 3 is 2.58 bits per heavy atom. The number of hydrogen-bond acceptors (Lipinski definition) is 8. The molecule has 282 valence electrons. The number of hydrogen-bond donors (Lipinski definition) is 2. The van der Waals surface area contributed by atoms with Crippen molar-refractivity contribution in [3.05, 3.63) is 88.0 Å². The van der Waals surface area contributed by atoms with Crippen LogP contribution in [-0.4, -0.2) is 106 Å². The highest BCUT2D eigenvalue weighted by molar-refractivity contribution is 6.42. The van der Waals surface area contributed by atoms with E-state index in [4.69, 9.17) is 37.7 Å². The standard InChI is InChI=1S/C37H41Cl2F3N8O3/c1-48(35(51)28-19-25(8-10-34(28)52-2)32-21-43-47-46-32)22-26(24-7-9-29(38)30(39)20-24)11-14-49-15-12-27(13-16-49)44-36-45-31-5-3-4-6-33(31)50(36)17-18-53-23-37(40,41)42/h3-10,19-21,26-27H,11-18,22-23H2,1-2H3,(H,44,45)(H,43,46,47). The highest BCUT2D eigenvalue weighted by Gasteiger charge is 2.28. The van der Waals surface area contributed by atoms with Gasteiger partial charge < -0.3 is 29.2 Å². The van der Waals surface area contributed by atoms with Gasteiger partial charge in [0.2, 0.25) is 5.95 Å². The van der Waals surface area contributed by atoms with Crippen molar-refractivity contribution in [1.29, 1.82) is 0 Å². The fraction of sp³-hybridized carbons (Fsp3) is 0.405. The Kier molecular flexibility index (Phi) is 12.4. The third-order valence-corrected chi connectivity index (χ3v) is 10.2. The van der Waals surface area contributed by atoms with Crippen LogP contribution >= 0.6 is 23.2 Å². The summed E-state index contributed by atoms with van der Waals surface area (Å²) in [7, 11) is 3.31. The molecule has 0 spiro atoms. The van der Waals surface area contributed by atoms with Gasteiger partial charge in [0.05, 0.1) is 46.6 Å². The minimum Gasteiger partial charge on any atom is -0.496 e. The van der Waals surface area contributed by atoms with Crippen LogP contribution in [0.25, 0.3) is 22.3 Å². The maximum Gasteiger partial charge on any atom is 0.411 e. The Labute approximate surface area is 315 Å². The molecule has 3 heterocycles. The number of carbonyl (C=O) groups is 1. The molecule has 0 aliphatic carbocycles. The second-order valence-electron chi connectivity index (χ2n) is 13.1. The van der Waals surface area contributed by atoms with E-state index in [0.29, 0.717) is 39.5 Å². The number of nitrogens with zero attached hydrogens (tertiary/aromatic N) is 6. The van der Waals surface area contributed by atoms with Crippen molar-refractivity contribution in [2.24, 2.45) is 0 Å². The lowest BCUT2D eigenvalue weighted by Crippen LogP contribution is -2.40. The number of fused-ring (bicyclic) bond motifs is 1. The molecule has 1 unspecified atom stereocenters. The maximum atomic E-state index is 13.9. The Bertz CT molecular complexity index is 1980. The molecule has 1 aliphatic heterocycles. The smallest absolute Gasteiger partial charge is 0.411 e. The predicted molar refractivity (Wildman–Crippen MR) is 199 cm³/mol. The second kappa shape index (κ2) is 17.2. The zero-order chi connectivity index (χ0) is 37.5. The first-order valence-corrected chi connectivity index (χ1v) is 18.1. The summed E-state index contributed by atoms with van der Waals surface area (Å²) in [6.07, 6.45) is -0.312. The van der Waals surface area contributed by atoms with Gasteiger partial charge in [-0.05, 0) is 73.8 Å². The van der Waals surface area contributed by atoms with E-state index in [-0.39, 0.29) is 31.0 Å². The van der Waals surface area contributed by atoms with E-state index in [1.54, 1.807) is 36.3 Å². The maximum absolute atomic E-state index is 13.9. The number of rotatable bonds is 15. The molecule has 2 aromatic heterocycles. The van der Waals surface area contributed by atoms with Crippen molar-refractivity contribution >= 4 is 46.1 Å². The first-order chi connectivity index (χ1) is 25.5. The highest BCUT2D eigenvalue weighted by atomic mass is 35.5. The predicted octanol–water partition coefficient (Wildman–Crippen LogP) is 7.54. The molecule has 5 aromatic rings. The topological polar surface area (TPSA) is 113 Å². The van der Waals surface area contributed by atoms with Crippen molar-refractivity contribution in [3.8, 4) is 17.0 Å². The molecule has 1 fully saturated rings. The van der Waals surface area contributed by atoms with Gasteiger partial charge in [0, 0.05) is 50.7 Å². The van der Waals surface area contributed by atoms with Crippen LogP contribution in [0.3, 0.4) is 0 Å². The number of piperidine rings is 1. The Balaban J connectivity index is 1.09. The second-order valence-corrected chi connectivity index (χ2v) is 13.9. The van der Waals surface area contributed by atoms with Gasteiger partial charge in [0.25, 0.3) is 5.91 Å². The van der Waals surface area contributed by atoms with E-state index < -0.39 is 12.8 Å². The van der Waals surface area contributed by atoms with E-state index in [9.17, 15) is 18.0 Å². The average Bonchev–Trinajstić information content (AvgIpc) is 3.81. The summed E-state index contributed by atoms with van der Waals surface area (Å²) < 4.78 is 50.3. The Morgan fingerprint density at radius 1 is 1.08 bits per heavy atom. The minimum absolute atomic E-state index is 0.0428. The van der Waals surface area contributed by atoms with Crippen LogP contribution in [0.2, 0.25) is 10.0 Å². The van der Waals surface area contributed by atoms with Crippen molar-refractivity contribution in [3.63, 3.8) is 0 Å². The highest BCUT2D eigenvalue weighted by Crippen LogP contribution is 2.32. The number of amides is 1. The number of para-hydroxylation sites is 2. The SMILES string of the molecule is COc1ccc(-c2cn[nH]n2)cc1C(=O)N(C)CC(CCN1CCC(Nc2nc3ccccc3n2CCOCC(F)(F)F)CC1)c1ccc(Cl)c(Cl)c1. The summed E-state index contributed by atoms with van der Waals surface area (Å²) >= 11 is 12.7. The van der Waals surface area contributed by atoms with Crippen LogP contribution in [0.1, 0.15) is 41.1 Å². The van der Waals surface area contributed by atoms with Gasteiger partial charge in [-0.1, -0.05) is 41.4 Å². The Hall–Kier alpha value is -4.37. The van der Waals surface area contributed by atoms with Gasteiger partial charge >= 0.3 is 6.18 Å². The number of methoxy groups -OCH3 is 1. The molecule has 2 N–H and O–H groups in total. The van der Waals surface area contributed by atoms with Crippen LogP contribution in [-0.2, 0) is 11.3 Å². The average molecular weight is 774 g/mol. The number of H-pyrrole nitrogens is 1. The van der Waals surface area contributed by atoms with Crippen molar-refractivity contribution in [1.82, 2.24) is 34.8 Å². The fourth-order valence-corrected chi connectivity index (χ4v) is 7.01. The molecule has 1 amide bonds. The normalized spacial score (nSPS) is 14.8. The number of ether oxygens (including phenoxy) is 2. The molecule has 16 heteroatoms. The fourth-order valence-electron chi connectivity index (χ4n) is 6.70. The molecule has 1 saturated heterocycles. The van der Waals surface area contributed by atoms with Gasteiger partial charge in [0.15, 0.2) is 0 Å². The molecule has 53 heavy (non-hydrogen) atoms. The van der Waals surface area contributed by atoms with Crippen molar-refractivity contribution < 1.29 is 27.4 Å². The molecule has 1 aliphatic rings. The number of aromatic nitrogens is 5. The number of likely N-dealkylation sites (N-methyl/N-ethyl adjacent to an activating group) is 1. The van der Waals surface area contributed by atoms with Gasteiger partial charge in [0.1, 0.15) is 18.1 Å². The number of imidazole rings is 1. The van der Waals surface area contributed by atoms with Crippen LogP contribution in [0, 0.1) is 0 Å². The zero-order valence-corrected chi connectivity index (χ0v) is 30.9. The van der Waals surface area contributed by atoms with Gasteiger partial charge in [-0.2, -0.15) is 28.6 Å². The minimum atomic E-state index is -4.37. The van der Waals surface area contributed by atoms with Crippen LogP contribution in [0.15, 0.2) is 66.9 Å². The first-order valence-electron chi connectivity index (χ1n) is 17.3. The summed E-state index contributed by atoms with van der Waals surface area (Å²) in [6.45, 7) is 1.76. The summed E-state index contributed by atoms with van der Waals surface area (Å²) in [5.41, 5.74) is 4.35. The van der Waals surface area contributed by atoms with Crippen LogP contribution in [0.5, 0.6) is 5.75 Å².